The molecule has 2 aromatic rings. The largest absolute Gasteiger partial charge is 0.325 e. The van der Waals surface area contributed by atoms with E-state index in [-0.39, 0.29) is 11.8 Å². The summed E-state index contributed by atoms with van der Waals surface area (Å²) in [6.07, 6.45) is 2.66. The molecule has 0 atom stereocenters. The average molecular weight is 259 g/mol. The smallest absolute Gasteiger partial charge is 0.239 e. The van der Waals surface area contributed by atoms with Gasteiger partial charge in [0.15, 0.2) is 0 Å². The third-order valence-electron chi connectivity index (χ3n) is 3.05. The van der Waals surface area contributed by atoms with Crippen LogP contribution in [0.2, 0.25) is 0 Å². The molecule has 0 spiro atoms. The van der Waals surface area contributed by atoms with Crippen molar-refractivity contribution in [2.75, 3.05) is 11.2 Å². The summed E-state index contributed by atoms with van der Waals surface area (Å²) in [7, 11) is 0. The Morgan fingerprint density at radius 1 is 1.33 bits per heavy atom. The Kier molecular flexibility index (Phi) is 2.76. The number of aromatic nitrogens is 1. The minimum absolute atomic E-state index is 0.0325. The van der Waals surface area contributed by atoms with Crippen LogP contribution in [0.1, 0.15) is 11.3 Å². The van der Waals surface area contributed by atoms with Gasteiger partial charge in [-0.2, -0.15) is 0 Å². The predicted molar refractivity (Wildman–Crippen MR) is 71.8 cm³/mol. The van der Waals surface area contributed by atoms with Crippen LogP contribution in [0, 0.1) is 0 Å². The Bertz CT molecular complexity index is 625. The highest BCUT2D eigenvalue weighted by Gasteiger charge is 2.19. The van der Waals surface area contributed by atoms with Crippen molar-refractivity contribution in [1.82, 2.24) is 4.98 Å². The number of amides is 1. The first kappa shape index (κ1) is 11.2. The van der Waals surface area contributed by atoms with E-state index in [4.69, 9.17) is 11.6 Å². The molecule has 4 heteroatoms. The number of rotatable bonds is 2. The Balaban J connectivity index is 2.00. The molecule has 0 saturated carbocycles. The van der Waals surface area contributed by atoms with Crippen LogP contribution in [-0.4, -0.2) is 16.8 Å². The summed E-state index contributed by atoms with van der Waals surface area (Å²) in [5, 5.41) is 2.76. The molecule has 1 aliphatic rings. The van der Waals surface area contributed by atoms with Crippen molar-refractivity contribution < 1.29 is 4.79 Å². The van der Waals surface area contributed by atoms with Gasteiger partial charge in [0.05, 0.1) is 5.69 Å². The summed E-state index contributed by atoms with van der Waals surface area (Å²) in [5.41, 5.74) is 5.40. The zero-order valence-electron chi connectivity index (χ0n) is 9.61. The van der Waals surface area contributed by atoms with Crippen LogP contribution < -0.4 is 5.32 Å². The van der Waals surface area contributed by atoms with E-state index >= 15 is 0 Å². The molecule has 1 heterocycles. The highest BCUT2D eigenvalue weighted by molar-refractivity contribution is 6.29. The third-order valence-corrected chi connectivity index (χ3v) is 3.30. The maximum atomic E-state index is 11.3. The number of alkyl halides is 1. The number of nitrogens with zero attached hydrogens (tertiary/aromatic N) is 1. The maximum Gasteiger partial charge on any atom is 0.239 e. The first-order chi connectivity index (χ1) is 8.78. The number of carbonyl (C=O) groups excluding carboxylic acids is 1. The second kappa shape index (κ2) is 4.42. The number of anilines is 1. The molecule has 3 rings (SSSR count). The number of nitrogens with one attached hydrogen (secondary N) is 1. The summed E-state index contributed by atoms with van der Waals surface area (Å²) in [5.74, 6) is -0.226. The van der Waals surface area contributed by atoms with Gasteiger partial charge < -0.3 is 5.32 Å². The molecule has 1 aromatic heterocycles. The molecule has 0 fully saturated rings. The van der Waals surface area contributed by atoms with Crippen molar-refractivity contribution in [3.63, 3.8) is 0 Å². The van der Waals surface area contributed by atoms with E-state index in [1.807, 2.05) is 24.3 Å². The SMILES string of the molecule is O=C(CCl)Nc1ccc2c(c1)-c1cccnc1C2. The minimum atomic E-state index is -0.193. The van der Waals surface area contributed by atoms with Gasteiger partial charge in [0, 0.05) is 23.9 Å². The lowest BCUT2D eigenvalue weighted by molar-refractivity contribution is -0.113. The fourth-order valence-electron chi connectivity index (χ4n) is 2.26. The van der Waals surface area contributed by atoms with E-state index in [1.54, 1.807) is 6.20 Å². The molecular weight excluding hydrogens is 248 g/mol. The third kappa shape index (κ3) is 1.87. The minimum Gasteiger partial charge on any atom is -0.325 e. The molecule has 0 bridgehead atoms. The van der Waals surface area contributed by atoms with Crippen molar-refractivity contribution in [2.45, 2.75) is 6.42 Å². The van der Waals surface area contributed by atoms with Gasteiger partial charge in [-0.15, -0.1) is 11.6 Å². The van der Waals surface area contributed by atoms with Gasteiger partial charge in [0.1, 0.15) is 5.88 Å². The molecule has 18 heavy (non-hydrogen) atoms. The Morgan fingerprint density at radius 2 is 2.22 bits per heavy atom. The van der Waals surface area contributed by atoms with Crippen LogP contribution in [0.25, 0.3) is 11.1 Å². The average Bonchev–Trinajstić information content (AvgIpc) is 2.77. The highest BCUT2D eigenvalue weighted by Crippen LogP contribution is 2.36. The highest BCUT2D eigenvalue weighted by atomic mass is 35.5. The van der Waals surface area contributed by atoms with Crippen molar-refractivity contribution >= 4 is 23.2 Å². The van der Waals surface area contributed by atoms with E-state index in [9.17, 15) is 4.79 Å². The molecule has 0 saturated heterocycles. The van der Waals surface area contributed by atoms with Crippen LogP contribution in [0.5, 0.6) is 0 Å². The molecule has 1 amide bonds. The fourth-order valence-corrected chi connectivity index (χ4v) is 2.32. The van der Waals surface area contributed by atoms with Crippen LogP contribution in [0.4, 0.5) is 5.69 Å². The zero-order valence-corrected chi connectivity index (χ0v) is 10.4. The topological polar surface area (TPSA) is 42.0 Å². The lowest BCUT2D eigenvalue weighted by Crippen LogP contribution is -2.12. The number of pyridine rings is 1. The number of hydrogen-bond donors (Lipinski definition) is 1. The summed E-state index contributed by atoms with van der Waals surface area (Å²) in [6.45, 7) is 0. The van der Waals surface area contributed by atoms with Gasteiger partial charge in [-0.3, -0.25) is 9.78 Å². The van der Waals surface area contributed by atoms with E-state index in [1.165, 1.54) is 5.56 Å². The number of benzene rings is 1. The van der Waals surface area contributed by atoms with Gasteiger partial charge in [-0.05, 0) is 29.3 Å². The Hall–Kier alpha value is -1.87. The fraction of sp³-hybridized carbons (Fsp3) is 0.143. The summed E-state index contributed by atoms with van der Waals surface area (Å²) < 4.78 is 0. The second-order valence-corrected chi connectivity index (χ2v) is 4.50. The van der Waals surface area contributed by atoms with Gasteiger partial charge in [0.2, 0.25) is 5.91 Å². The molecule has 1 aromatic carbocycles. The molecule has 1 aliphatic carbocycles. The van der Waals surface area contributed by atoms with Crippen LogP contribution in [-0.2, 0) is 11.2 Å². The second-order valence-electron chi connectivity index (χ2n) is 4.23. The van der Waals surface area contributed by atoms with Crippen LogP contribution in [0.15, 0.2) is 36.5 Å². The van der Waals surface area contributed by atoms with E-state index < -0.39 is 0 Å². The van der Waals surface area contributed by atoms with Crippen molar-refractivity contribution in [2.24, 2.45) is 0 Å². The van der Waals surface area contributed by atoms with Crippen LogP contribution >= 0.6 is 11.6 Å². The van der Waals surface area contributed by atoms with Gasteiger partial charge in [0.25, 0.3) is 0 Å². The van der Waals surface area contributed by atoms with E-state index in [0.717, 1.165) is 28.9 Å². The maximum absolute atomic E-state index is 11.3. The predicted octanol–water partition coefficient (Wildman–Crippen LogP) is 2.83. The first-order valence-electron chi connectivity index (χ1n) is 5.71. The Morgan fingerprint density at radius 3 is 3.06 bits per heavy atom. The number of halogens is 1. The molecule has 0 radical (unpaired) electrons. The number of fused-ring (bicyclic) bond motifs is 3. The molecular formula is C14H11ClN2O. The van der Waals surface area contributed by atoms with Crippen molar-refractivity contribution in [3.8, 4) is 11.1 Å². The monoisotopic (exact) mass is 258 g/mol. The van der Waals surface area contributed by atoms with Gasteiger partial charge in [-0.25, -0.2) is 0 Å². The quantitative estimate of drug-likeness (QED) is 0.718. The molecule has 1 N–H and O–H groups in total. The first-order valence-corrected chi connectivity index (χ1v) is 6.24. The zero-order chi connectivity index (χ0) is 12.5. The summed E-state index contributed by atoms with van der Waals surface area (Å²) >= 11 is 5.48. The number of hydrogen-bond acceptors (Lipinski definition) is 2. The lowest BCUT2D eigenvalue weighted by atomic mass is 10.1. The summed E-state index contributed by atoms with van der Waals surface area (Å²) in [4.78, 5) is 15.6. The summed E-state index contributed by atoms with van der Waals surface area (Å²) in [6, 6.07) is 9.89. The molecule has 0 unspecified atom stereocenters. The van der Waals surface area contributed by atoms with E-state index in [2.05, 4.69) is 16.4 Å². The number of carbonyl (C=O) groups is 1. The molecule has 3 nitrogen and oxygen atoms in total. The van der Waals surface area contributed by atoms with Crippen LogP contribution in [0.3, 0.4) is 0 Å². The van der Waals surface area contributed by atoms with Crippen molar-refractivity contribution in [3.05, 3.63) is 47.8 Å². The standard InChI is InChI=1S/C14H11ClN2O/c15-8-14(18)17-10-4-3-9-6-13-11(12(9)7-10)2-1-5-16-13/h1-5,7H,6,8H2,(H,17,18). The van der Waals surface area contributed by atoms with Crippen molar-refractivity contribution in [1.29, 1.82) is 0 Å². The van der Waals surface area contributed by atoms with E-state index in [0.29, 0.717) is 0 Å². The lowest BCUT2D eigenvalue weighted by Gasteiger charge is -2.06. The molecule has 0 aliphatic heterocycles. The molecule has 90 valence electrons. The van der Waals surface area contributed by atoms with Gasteiger partial charge in [-0.1, -0.05) is 12.1 Å². The normalized spacial score (nSPS) is 11.8. The van der Waals surface area contributed by atoms with Gasteiger partial charge >= 0.3 is 0 Å². The Labute approximate surface area is 110 Å².